The molecule has 0 amide bonds. The number of benzene rings is 2. The maximum Gasteiger partial charge on any atom is 0.150 e. The van der Waals surface area contributed by atoms with Crippen LogP contribution < -0.4 is 14.4 Å². The molecule has 2 aliphatic rings. The third kappa shape index (κ3) is 2.32. The van der Waals surface area contributed by atoms with Gasteiger partial charge in [0, 0.05) is 29.1 Å². The molecule has 2 aliphatic heterocycles. The van der Waals surface area contributed by atoms with Gasteiger partial charge in [0.05, 0.1) is 18.8 Å². The summed E-state index contributed by atoms with van der Waals surface area (Å²) in [5, 5.41) is 4.12. The molecule has 1 fully saturated rings. The molecule has 0 saturated carbocycles. The molecule has 0 bridgehead atoms. The summed E-state index contributed by atoms with van der Waals surface area (Å²) in [6, 6.07) is 13.5. The zero-order valence-electron chi connectivity index (χ0n) is 13.4. The predicted octanol–water partition coefficient (Wildman–Crippen LogP) is 4.82. The van der Waals surface area contributed by atoms with Gasteiger partial charge < -0.3 is 14.4 Å². The fourth-order valence-corrected chi connectivity index (χ4v) is 3.70. The SMILES string of the molecule is COc1ccc2c(c1)Oc1ccccc1N1CCC[C@H]1[C@@H]2N=[N+]=[N-]. The number of rotatable bonds is 2. The van der Waals surface area contributed by atoms with Crippen LogP contribution in [-0.2, 0) is 0 Å². The fourth-order valence-electron chi connectivity index (χ4n) is 3.70. The van der Waals surface area contributed by atoms with Gasteiger partial charge in [0.2, 0.25) is 0 Å². The van der Waals surface area contributed by atoms with Crippen LogP contribution in [0.1, 0.15) is 24.4 Å². The van der Waals surface area contributed by atoms with Crippen LogP contribution in [0.5, 0.6) is 17.2 Å². The highest BCUT2D eigenvalue weighted by molar-refractivity contribution is 5.63. The molecule has 4 rings (SSSR count). The Bertz CT molecular complexity index is 816. The van der Waals surface area contributed by atoms with Crippen LogP contribution in [0.15, 0.2) is 47.6 Å². The van der Waals surface area contributed by atoms with E-state index in [0.29, 0.717) is 5.75 Å². The van der Waals surface area contributed by atoms with Crippen molar-refractivity contribution in [2.45, 2.75) is 24.9 Å². The molecule has 0 unspecified atom stereocenters. The maximum absolute atomic E-state index is 9.10. The smallest absolute Gasteiger partial charge is 0.150 e. The van der Waals surface area contributed by atoms with E-state index >= 15 is 0 Å². The Labute approximate surface area is 140 Å². The fraction of sp³-hybridized carbons (Fsp3) is 0.333. The van der Waals surface area contributed by atoms with Gasteiger partial charge in [-0.3, -0.25) is 0 Å². The Morgan fingerprint density at radius 3 is 2.96 bits per heavy atom. The molecule has 2 aromatic carbocycles. The van der Waals surface area contributed by atoms with Crippen molar-refractivity contribution >= 4 is 5.69 Å². The Hall–Kier alpha value is -2.85. The van der Waals surface area contributed by atoms with E-state index in [4.69, 9.17) is 15.0 Å². The molecule has 2 atom stereocenters. The molecule has 2 aromatic rings. The summed E-state index contributed by atoms with van der Waals surface area (Å²) < 4.78 is 11.5. The summed E-state index contributed by atoms with van der Waals surface area (Å²) in [5.74, 6) is 2.22. The van der Waals surface area contributed by atoms with E-state index in [1.54, 1.807) is 7.11 Å². The van der Waals surface area contributed by atoms with E-state index < -0.39 is 0 Å². The summed E-state index contributed by atoms with van der Waals surface area (Å²) in [5.41, 5.74) is 11.0. The molecular weight excluding hydrogens is 304 g/mol. The Morgan fingerprint density at radius 1 is 1.25 bits per heavy atom. The molecule has 6 heteroatoms. The predicted molar refractivity (Wildman–Crippen MR) is 91.8 cm³/mol. The van der Waals surface area contributed by atoms with Gasteiger partial charge in [-0.05, 0) is 36.6 Å². The Balaban J connectivity index is 1.93. The number of azide groups is 1. The van der Waals surface area contributed by atoms with Crippen molar-refractivity contribution in [3.63, 3.8) is 0 Å². The zero-order chi connectivity index (χ0) is 16.5. The van der Waals surface area contributed by atoms with Gasteiger partial charge in [-0.2, -0.15) is 0 Å². The standard InChI is InChI=1S/C18H18N4O2/c1-23-12-8-9-13-17(11-12)24-16-7-3-2-5-14(16)22-10-4-6-15(22)18(13)20-21-19/h2-3,5,7-9,11,15,18H,4,6,10H2,1H3/t15-,18+/m0/s1. The van der Waals surface area contributed by atoms with Crippen LogP contribution >= 0.6 is 0 Å². The number of nitrogens with zero attached hydrogens (tertiary/aromatic N) is 4. The molecule has 0 spiro atoms. The van der Waals surface area contributed by atoms with Gasteiger partial charge in [0.15, 0.2) is 5.75 Å². The third-order valence-corrected chi connectivity index (χ3v) is 4.77. The quantitative estimate of drug-likeness (QED) is 0.452. The number of hydrogen-bond acceptors (Lipinski definition) is 4. The number of hydrogen-bond donors (Lipinski definition) is 0. The molecule has 122 valence electrons. The largest absolute Gasteiger partial charge is 0.497 e. The molecule has 0 radical (unpaired) electrons. The van der Waals surface area contributed by atoms with Crippen LogP contribution in [0, 0.1) is 0 Å². The molecule has 1 saturated heterocycles. The highest BCUT2D eigenvalue weighted by Crippen LogP contribution is 2.47. The second kappa shape index (κ2) is 5.98. The van der Waals surface area contributed by atoms with E-state index in [0.717, 1.165) is 42.1 Å². The maximum atomic E-state index is 9.10. The van der Waals surface area contributed by atoms with E-state index in [1.807, 2.05) is 36.4 Å². The van der Waals surface area contributed by atoms with Gasteiger partial charge >= 0.3 is 0 Å². The molecule has 2 heterocycles. The minimum absolute atomic E-state index is 0.137. The zero-order valence-corrected chi connectivity index (χ0v) is 13.4. The van der Waals surface area contributed by atoms with Crippen molar-refractivity contribution in [2.24, 2.45) is 5.11 Å². The Kier molecular flexibility index (Phi) is 3.67. The highest BCUT2D eigenvalue weighted by Gasteiger charge is 2.37. The molecule has 0 N–H and O–H groups in total. The molecule has 24 heavy (non-hydrogen) atoms. The van der Waals surface area contributed by atoms with Crippen LogP contribution in [-0.4, -0.2) is 19.7 Å². The van der Waals surface area contributed by atoms with Gasteiger partial charge in [-0.15, -0.1) is 0 Å². The van der Waals surface area contributed by atoms with Crippen LogP contribution in [0.2, 0.25) is 0 Å². The summed E-state index contributed by atoms with van der Waals surface area (Å²) in [4.78, 5) is 5.41. The van der Waals surface area contributed by atoms with Gasteiger partial charge in [0.1, 0.15) is 11.5 Å². The molecular formula is C18H18N4O2. The number of para-hydroxylation sites is 2. The number of ether oxygens (including phenoxy) is 2. The summed E-state index contributed by atoms with van der Waals surface area (Å²) in [6.45, 7) is 0.938. The average Bonchev–Trinajstić information content (AvgIpc) is 3.08. The van der Waals surface area contributed by atoms with E-state index in [9.17, 15) is 0 Å². The monoisotopic (exact) mass is 322 g/mol. The van der Waals surface area contributed by atoms with E-state index in [2.05, 4.69) is 21.0 Å². The number of anilines is 1. The van der Waals surface area contributed by atoms with Crippen LogP contribution in [0.4, 0.5) is 5.69 Å². The summed E-state index contributed by atoms with van der Waals surface area (Å²) >= 11 is 0. The molecule has 6 nitrogen and oxygen atoms in total. The molecule has 0 aliphatic carbocycles. The first-order valence-corrected chi connectivity index (χ1v) is 8.07. The lowest BCUT2D eigenvalue weighted by atomic mass is 9.96. The van der Waals surface area contributed by atoms with Crippen molar-refractivity contribution < 1.29 is 9.47 Å². The topological polar surface area (TPSA) is 70.5 Å². The first-order valence-electron chi connectivity index (χ1n) is 8.07. The summed E-state index contributed by atoms with van der Waals surface area (Å²) in [7, 11) is 1.63. The normalized spacial score (nSPS) is 21.3. The second-order valence-electron chi connectivity index (χ2n) is 6.03. The van der Waals surface area contributed by atoms with Gasteiger partial charge in [-0.1, -0.05) is 23.3 Å². The minimum atomic E-state index is -0.285. The lowest BCUT2D eigenvalue weighted by Gasteiger charge is -2.35. The van der Waals surface area contributed by atoms with Crippen LogP contribution in [0.3, 0.4) is 0 Å². The van der Waals surface area contributed by atoms with Crippen molar-refractivity contribution in [3.8, 4) is 17.2 Å². The van der Waals surface area contributed by atoms with Crippen molar-refractivity contribution in [1.82, 2.24) is 0 Å². The lowest BCUT2D eigenvalue weighted by Crippen LogP contribution is -2.35. The molecule has 0 aromatic heterocycles. The van der Waals surface area contributed by atoms with Gasteiger partial charge in [0.25, 0.3) is 0 Å². The number of fused-ring (bicyclic) bond motifs is 4. The van der Waals surface area contributed by atoms with E-state index in [1.165, 1.54) is 0 Å². The first-order chi connectivity index (χ1) is 11.8. The number of methoxy groups -OCH3 is 1. The van der Waals surface area contributed by atoms with E-state index in [-0.39, 0.29) is 12.1 Å². The van der Waals surface area contributed by atoms with Crippen LogP contribution in [0.25, 0.3) is 10.4 Å². The lowest BCUT2D eigenvalue weighted by molar-refractivity contribution is 0.403. The minimum Gasteiger partial charge on any atom is -0.497 e. The highest BCUT2D eigenvalue weighted by atomic mass is 16.5. The Morgan fingerprint density at radius 2 is 2.12 bits per heavy atom. The van der Waals surface area contributed by atoms with Crippen molar-refractivity contribution in [2.75, 3.05) is 18.6 Å². The summed E-state index contributed by atoms with van der Waals surface area (Å²) in [6.07, 6.45) is 2.06. The third-order valence-electron chi connectivity index (χ3n) is 4.77. The average molecular weight is 322 g/mol. The van der Waals surface area contributed by atoms with Gasteiger partial charge in [-0.25, -0.2) is 0 Å². The van der Waals surface area contributed by atoms with Crippen molar-refractivity contribution in [1.29, 1.82) is 0 Å². The van der Waals surface area contributed by atoms with Crippen molar-refractivity contribution in [3.05, 3.63) is 58.5 Å². The second-order valence-corrected chi connectivity index (χ2v) is 6.03. The first kappa shape index (κ1) is 14.7.